The number of hydrogen-bond acceptors (Lipinski definition) is 6. The lowest BCUT2D eigenvalue weighted by atomic mass is 10.0. The number of benzene rings is 1. The SMILES string of the molecule is CC(C)CC(=O)N1CCN(c2cnc(-c3ccc(C(=O)Cl)cc3)c(-c3ccncc3Cl)n2)CC1. The number of anilines is 1. The predicted octanol–water partition coefficient (Wildman–Crippen LogP) is 4.93. The number of halogens is 2. The normalized spacial score (nSPS) is 13.9. The van der Waals surface area contributed by atoms with Crippen LogP contribution in [0.25, 0.3) is 22.5 Å². The molecular formula is C25H25Cl2N5O2. The third kappa shape index (κ3) is 5.37. The van der Waals surface area contributed by atoms with Gasteiger partial charge in [0.05, 0.1) is 16.9 Å². The van der Waals surface area contributed by atoms with Crippen LogP contribution in [0.3, 0.4) is 0 Å². The lowest BCUT2D eigenvalue weighted by Crippen LogP contribution is -2.49. The number of pyridine rings is 1. The van der Waals surface area contributed by atoms with E-state index >= 15 is 0 Å². The molecule has 0 N–H and O–H groups in total. The second-order valence-corrected chi connectivity index (χ2v) is 9.35. The molecule has 34 heavy (non-hydrogen) atoms. The average molecular weight is 498 g/mol. The molecule has 3 heterocycles. The number of amides is 1. The zero-order valence-electron chi connectivity index (χ0n) is 19.0. The Kier molecular flexibility index (Phi) is 7.44. The number of aromatic nitrogens is 3. The highest BCUT2D eigenvalue weighted by Gasteiger charge is 2.24. The van der Waals surface area contributed by atoms with Crippen molar-refractivity contribution < 1.29 is 9.59 Å². The number of piperazine rings is 1. The van der Waals surface area contributed by atoms with Gasteiger partial charge in [0.25, 0.3) is 5.24 Å². The maximum Gasteiger partial charge on any atom is 0.252 e. The molecule has 4 rings (SSSR count). The quantitative estimate of drug-likeness (QED) is 0.449. The first-order valence-corrected chi connectivity index (χ1v) is 11.9. The molecule has 1 aliphatic rings. The monoisotopic (exact) mass is 497 g/mol. The fourth-order valence-electron chi connectivity index (χ4n) is 3.92. The van der Waals surface area contributed by atoms with Gasteiger partial charge in [-0.1, -0.05) is 37.6 Å². The number of hydrogen-bond donors (Lipinski definition) is 0. The molecule has 0 atom stereocenters. The molecule has 1 amide bonds. The van der Waals surface area contributed by atoms with Crippen molar-refractivity contribution in [3.8, 4) is 22.5 Å². The van der Waals surface area contributed by atoms with Crippen LogP contribution in [-0.4, -0.2) is 57.2 Å². The highest BCUT2D eigenvalue weighted by Crippen LogP contribution is 2.34. The smallest absolute Gasteiger partial charge is 0.252 e. The van der Waals surface area contributed by atoms with Crippen molar-refractivity contribution in [2.75, 3.05) is 31.1 Å². The van der Waals surface area contributed by atoms with Crippen molar-refractivity contribution in [1.82, 2.24) is 19.9 Å². The van der Waals surface area contributed by atoms with Gasteiger partial charge in [-0.2, -0.15) is 0 Å². The summed E-state index contributed by atoms with van der Waals surface area (Å²) in [6.45, 7) is 6.75. The first-order chi connectivity index (χ1) is 16.3. The van der Waals surface area contributed by atoms with E-state index in [-0.39, 0.29) is 5.91 Å². The summed E-state index contributed by atoms with van der Waals surface area (Å²) in [5, 5.41) is -0.0525. The second-order valence-electron chi connectivity index (χ2n) is 8.60. The summed E-state index contributed by atoms with van der Waals surface area (Å²) in [4.78, 5) is 41.7. The van der Waals surface area contributed by atoms with Gasteiger partial charge in [0, 0.05) is 61.7 Å². The van der Waals surface area contributed by atoms with Gasteiger partial charge in [0.15, 0.2) is 0 Å². The highest BCUT2D eigenvalue weighted by molar-refractivity contribution is 6.67. The third-order valence-electron chi connectivity index (χ3n) is 5.71. The zero-order chi connectivity index (χ0) is 24.2. The summed E-state index contributed by atoms with van der Waals surface area (Å²) < 4.78 is 0. The molecule has 0 bridgehead atoms. The van der Waals surface area contributed by atoms with Crippen molar-refractivity contribution in [3.05, 3.63) is 59.5 Å². The molecule has 2 aromatic heterocycles. The van der Waals surface area contributed by atoms with Gasteiger partial charge in [-0.15, -0.1) is 0 Å². The fraction of sp³-hybridized carbons (Fsp3) is 0.320. The maximum atomic E-state index is 12.4. The Hall–Kier alpha value is -3.03. The lowest BCUT2D eigenvalue weighted by Gasteiger charge is -2.35. The molecule has 0 radical (unpaired) electrons. The van der Waals surface area contributed by atoms with Crippen LogP contribution in [0, 0.1) is 5.92 Å². The van der Waals surface area contributed by atoms with E-state index < -0.39 is 5.24 Å². The van der Waals surface area contributed by atoms with Crippen molar-refractivity contribution in [3.63, 3.8) is 0 Å². The predicted molar refractivity (Wildman–Crippen MR) is 134 cm³/mol. The van der Waals surface area contributed by atoms with Crippen LogP contribution in [-0.2, 0) is 4.79 Å². The van der Waals surface area contributed by atoms with Crippen molar-refractivity contribution >= 4 is 40.2 Å². The Morgan fingerprint density at radius 1 is 1.00 bits per heavy atom. The number of rotatable bonds is 6. The molecule has 176 valence electrons. The molecule has 9 heteroatoms. The lowest BCUT2D eigenvalue weighted by molar-refractivity contribution is -0.132. The molecule has 0 unspecified atom stereocenters. The Balaban J connectivity index is 1.65. The fourth-order valence-corrected chi connectivity index (χ4v) is 4.26. The minimum atomic E-state index is -0.517. The van der Waals surface area contributed by atoms with E-state index in [1.165, 1.54) is 0 Å². The second kappa shape index (κ2) is 10.5. The maximum absolute atomic E-state index is 12.4. The van der Waals surface area contributed by atoms with E-state index in [9.17, 15) is 9.59 Å². The van der Waals surface area contributed by atoms with E-state index in [1.54, 1.807) is 48.9 Å². The van der Waals surface area contributed by atoms with Gasteiger partial charge in [-0.3, -0.25) is 19.6 Å². The van der Waals surface area contributed by atoms with E-state index in [1.807, 2.05) is 4.90 Å². The molecule has 1 aliphatic heterocycles. The molecule has 0 saturated carbocycles. The number of nitrogens with zero attached hydrogens (tertiary/aromatic N) is 5. The summed E-state index contributed by atoms with van der Waals surface area (Å²) in [5.74, 6) is 1.25. The largest absolute Gasteiger partial charge is 0.352 e. The molecule has 7 nitrogen and oxygen atoms in total. The molecule has 0 spiro atoms. The molecule has 0 aliphatic carbocycles. The van der Waals surface area contributed by atoms with Gasteiger partial charge in [-0.05, 0) is 35.7 Å². The molecule has 1 aromatic carbocycles. The van der Waals surface area contributed by atoms with Crippen LogP contribution in [0.15, 0.2) is 48.9 Å². The van der Waals surface area contributed by atoms with Crippen LogP contribution in [0.5, 0.6) is 0 Å². The van der Waals surface area contributed by atoms with Gasteiger partial charge in [-0.25, -0.2) is 4.98 Å². The van der Waals surface area contributed by atoms with Gasteiger partial charge in [0.1, 0.15) is 11.5 Å². The first-order valence-electron chi connectivity index (χ1n) is 11.1. The Labute approximate surface area is 208 Å². The summed E-state index contributed by atoms with van der Waals surface area (Å²) in [7, 11) is 0. The van der Waals surface area contributed by atoms with Crippen LogP contribution in [0.2, 0.25) is 5.02 Å². The molecular weight excluding hydrogens is 473 g/mol. The van der Waals surface area contributed by atoms with Crippen LogP contribution in [0.1, 0.15) is 30.6 Å². The van der Waals surface area contributed by atoms with Crippen molar-refractivity contribution in [1.29, 1.82) is 0 Å². The van der Waals surface area contributed by atoms with E-state index in [2.05, 4.69) is 23.7 Å². The van der Waals surface area contributed by atoms with Crippen molar-refractivity contribution in [2.24, 2.45) is 5.92 Å². The minimum Gasteiger partial charge on any atom is -0.352 e. The standard InChI is InChI=1S/C25H25Cl2N5O2/c1-16(2)13-22(33)32-11-9-31(10-12-32)21-15-29-23(17-3-5-18(6-4-17)25(27)34)24(30-21)19-7-8-28-14-20(19)26/h3-8,14-16H,9-13H2,1-2H3. The zero-order valence-corrected chi connectivity index (χ0v) is 20.6. The number of carbonyl (C=O) groups is 2. The van der Waals surface area contributed by atoms with E-state index in [0.29, 0.717) is 66.1 Å². The van der Waals surface area contributed by atoms with Gasteiger partial charge in [0.2, 0.25) is 5.91 Å². The molecule has 1 fully saturated rings. The third-order valence-corrected chi connectivity index (χ3v) is 6.23. The molecule has 1 saturated heterocycles. The summed E-state index contributed by atoms with van der Waals surface area (Å²) >= 11 is 12.1. The Bertz CT molecular complexity index is 1190. The first kappa shape index (κ1) is 24.1. The highest BCUT2D eigenvalue weighted by atomic mass is 35.5. The summed E-state index contributed by atoms with van der Waals surface area (Å²) in [6, 6.07) is 8.70. The van der Waals surface area contributed by atoms with E-state index in [4.69, 9.17) is 33.2 Å². The van der Waals surface area contributed by atoms with Gasteiger partial charge >= 0.3 is 0 Å². The number of carbonyl (C=O) groups excluding carboxylic acids is 2. The van der Waals surface area contributed by atoms with Crippen LogP contribution in [0.4, 0.5) is 5.82 Å². The minimum absolute atomic E-state index is 0.194. The Morgan fingerprint density at radius 3 is 2.32 bits per heavy atom. The van der Waals surface area contributed by atoms with Crippen LogP contribution >= 0.6 is 23.2 Å². The topological polar surface area (TPSA) is 79.3 Å². The van der Waals surface area contributed by atoms with Crippen LogP contribution < -0.4 is 4.90 Å². The summed E-state index contributed by atoms with van der Waals surface area (Å²) in [6.07, 6.45) is 5.53. The average Bonchev–Trinajstić information content (AvgIpc) is 2.84. The van der Waals surface area contributed by atoms with Crippen molar-refractivity contribution in [2.45, 2.75) is 20.3 Å². The van der Waals surface area contributed by atoms with Gasteiger partial charge < -0.3 is 9.80 Å². The van der Waals surface area contributed by atoms with E-state index in [0.717, 1.165) is 11.4 Å². The summed E-state index contributed by atoms with van der Waals surface area (Å²) in [5.41, 5.74) is 3.16. The molecule has 3 aromatic rings. The Morgan fingerprint density at radius 2 is 1.71 bits per heavy atom.